The quantitative estimate of drug-likeness (QED) is 0.715. The van der Waals surface area contributed by atoms with Crippen LogP contribution in [0.2, 0.25) is 0 Å². The smallest absolute Gasteiger partial charge is 0.125 e. The largest absolute Gasteiger partial charge is 0.389 e. The maximum atomic E-state index is 10.7. The van der Waals surface area contributed by atoms with Gasteiger partial charge in [-0.25, -0.2) is 0 Å². The second kappa shape index (κ2) is 6.99. The van der Waals surface area contributed by atoms with Gasteiger partial charge in [0.05, 0.1) is 11.6 Å². The van der Waals surface area contributed by atoms with Crippen LogP contribution in [0.1, 0.15) is 27.7 Å². The van der Waals surface area contributed by atoms with Gasteiger partial charge in [0.15, 0.2) is 0 Å². The molecule has 5 heteroatoms. The van der Waals surface area contributed by atoms with Gasteiger partial charge in [-0.05, 0) is 34.0 Å². The summed E-state index contributed by atoms with van der Waals surface area (Å²) in [5, 5.41) is 21.1. The minimum Gasteiger partial charge on any atom is -0.389 e. The van der Waals surface area contributed by atoms with Crippen LogP contribution >= 0.6 is 0 Å². The SMILES string of the molecule is CCN(CC)C(C(O)N1CCN(C)CC1)C(C)(C)O. The van der Waals surface area contributed by atoms with E-state index >= 15 is 0 Å². The molecule has 1 fully saturated rings. The van der Waals surface area contributed by atoms with Crippen molar-refractivity contribution in [3.63, 3.8) is 0 Å². The molecule has 0 saturated carbocycles. The van der Waals surface area contributed by atoms with Gasteiger partial charge in [0.25, 0.3) is 0 Å². The lowest BCUT2D eigenvalue weighted by molar-refractivity contribution is -0.136. The van der Waals surface area contributed by atoms with Crippen molar-refractivity contribution in [3.05, 3.63) is 0 Å². The average Bonchev–Trinajstić information content (AvgIpc) is 2.34. The van der Waals surface area contributed by atoms with Gasteiger partial charge < -0.3 is 15.1 Å². The Morgan fingerprint density at radius 1 is 1.11 bits per heavy atom. The lowest BCUT2D eigenvalue weighted by atomic mass is 9.94. The van der Waals surface area contributed by atoms with Crippen molar-refractivity contribution in [1.82, 2.24) is 14.7 Å². The maximum absolute atomic E-state index is 10.7. The van der Waals surface area contributed by atoms with E-state index < -0.39 is 11.8 Å². The zero-order valence-corrected chi connectivity index (χ0v) is 13.1. The number of nitrogens with zero attached hydrogens (tertiary/aromatic N) is 3. The first kappa shape index (κ1) is 16.9. The van der Waals surface area contributed by atoms with Crippen LogP contribution in [0.15, 0.2) is 0 Å². The highest BCUT2D eigenvalue weighted by Gasteiger charge is 2.40. The van der Waals surface area contributed by atoms with Crippen LogP contribution in [0.25, 0.3) is 0 Å². The van der Waals surface area contributed by atoms with E-state index in [-0.39, 0.29) is 6.04 Å². The standard InChI is InChI=1S/C14H31N3O2/c1-6-16(7-2)12(14(3,4)19)13(18)17-10-8-15(5)9-11-17/h12-13,18-19H,6-11H2,1-5H3. The van der Waals surface area contributed by atoms with Crippen molar-refractivity contribution in [2.24, 2.45) is 0 Å². The molecule has 114 valence electrons. The highest BCUT2D eigenvalue weighted by atomic mass is 16.3. The topological polar surface area (TPSA) is 50.2 Å². The summed E-state index contributed by atoms with van der Waals surface area (Å²) in [6.07, 6.45) is -0.617. The molecular weight excluding hydrogens is 242 g/mol. The van der Waals surface area contributed by atoms with E-state index in [2.05, 4.69) is 35.6 Å². The average molecular weight is 273 g/mol. The van der Waals surface area contributed by atoms with Crippen molar-refractivity contribution in [1.29, 1.82) is 0 Å². The van der Waals surface area contributed by atoms with Crippen LogP contribution in [0.4, 0.5) is 0 Å². The minimum atomic E-state index is -0.922. The molecule has 19 heavy (non-hydrogen) atoms. The Morgan fingerprint density at radius 3 is 1.95 bits per heavy atom. The molecule has 2 unspecified atom stereocenters. The van der Waals surface area contributed by atoms with Crippen LogP contribution in [0, 0.1) is 0 Å². The highest BCUT2D eigenvalue weighted by molar-refractivity contribution is 4.92. The van der Waals surface area contributed by atoms with E-state index in [9.17, 15) is 10.2 Å². The molecule has 0 aliphatic carbocycles. The monoisotopic (exact) mass is 273 g/mol. The second-order valence-corrected chi connectivity index (χ2v) is 6.07. The molecule has 1 aliphatic rings. The number of rotatable bonds is 6. The summed E-state index contributed by atoms with van der Waals surface area (Å²) < 4.78 is 0. The number of hydrogen-bond acceptors (Lipinski definition) is 5. The first-order chi connectivity index (χ1) is 8.81. The highest BCUT2D eigenvalue weighted by Crippen LogP contribution is 2.22. The number of hydrogen-bond donors (Lipinski definition) is 2. The normalized spacial score (nSPS) is 22.7. The van der Waals surface area contributed by atoms with Crippen LogP contribution in [0.3, 0.4) is 0 Å². The third-order valence-corrected chi connectivity index (χ3v) is 4.12. The first-order valence-electron chi connectivity index (χ1n) is 7.38. The molecule has 0 radical (unpaired) electrons. The predicted octanol–water partition coefficient (Wildman–Crippen LogP) is 0.0335. The summed E-state index contributed by atoms with van der Waals surface area (Å²) in [7, 11) is 2.10. The first-order valence-corrected chi connectivity index (χ1v) is 7.38. The van der Waals surface area contributed by atoms with E-state index in [1.807, 2.05) is 0 Å². The van der Waals surface area contributed by atoms with Gasteiger partial charge in [0.2, 0.25) is 0 Å². The second-order valence-electron chi connectivity index (χ2n) is 6.07. The lowest BCUT2D eigenvalue weighted by Gasteiger charge is -2.46. The van der Waals surface area contributed by atoms with Gasteiger partial charge in [-0.3, -0.25) is 9.80 Å². The summed E-state index contributed by atoms with van der Waals surface area (Å²) in [6.45, 7) is 13.0. The number of likely N-dealkylation sites (N-methyl/N-ethyl adjacent to an activating group) is 2. The lowest BCUT2D eigenvalue weighted by Crippen LogP contribution is -2.63. The Labute approximate surface area is 117 Å². The number of aliphatic hydroxyl groups is 2. The fraction of sp³-hybridized carbons (Fsp3) is 1.00. The maximum Gasteiger partial charge on any atom is 0.125 e. The van der Waals surface area contributed by atoms with Crippen molar-refractivity contribution in [2.75, 3.05) is 46.3 Å². The zero-order valence-electron chi connectivity index (χ0n) is 13.1. The van der Waals surface area contributed by atoms with Gasteiger partial charge in [-0.2, -0.15) is 0 Å². The third-order valence-electron chi connectivity index (χ3n) is 4.12. The van der Waals surface area contributed by atoms with Gasteiger partial charge in [0.1, 0.15) is 6.23 Å². The molecule has 5 nitrogen and oxygen atoms in total. The van der Waals surface area contributed by atoms with Crippen LogP contribution in [-0.4, -0.2) is 89.1 Å². The molecule has 0 aromatic carbocycles. The molecule has 0 spiro atoms. The van der Waals surface area contributed by atoms with Gasteiger partial charge >= 0.3 is 0 Å². The van der Waals surface area contributed by atoms with Gasteiger partial charge in [0, 0.05) is 26.2 Å². The fourth-order valence-electron chi connectivity index (χ4n) is 2.90. The van der Waals surface area contributed by atoms with E-state index in [0.717, 1.165) is 39.3 Å². The van der Waals surface area contributed by atoms with E-state index in [0.29, 0.717) is 0 Å². The fourth-order valence-corrected chi connectivity index (χ4v) is 2.90. The van der Waals surface area contributed by atoms with E-state index in [1.54, 1.807) is 13.8 Å². The van der Waals surface area contributed by atoms with Crippen LogP contribution in [-0.2, 0) is 0 Å². The molecule has 1 saturated heterocycles. The molecule has 0 aromatic heterocycles. The molecule has 0 aromatic rings. The Hall–Kier alpha value is -0.200. The Morgan fingerprint density at radius 2 is 1.58 bits per heavy atom. The third kappa shape index (κ3) is 4.39. The minimum absolute atomic E-state index is 0.258. The zero-order chi connectivity index (χ0) is 14.6. The molecule has 0 bridgehead atoms. The Balaban J connectivity index is 2.79. The van der Waals surface area contributed by atoms with Gasteiger partial charge in [-0.15, -0.1) is 0 Å². The molecule has 0 amide bonds. The Bertz CT molecular complexity index is 256. The van der Waals surface area contributed by atoms with E-state index in [4.69, 9.17) is 0 Å². The summed E-state index contributed by atoms with van der Waals surface area (Å²) in [5.74, 6) is 0. The van der Waals surface area contributed by atoms with Crippen LogP contribution in [0.5, 0.6) is 0 Å². The number of piperazine rings is 1. The summed E-state index contributed by atoms with van der Waals surface area (Å²) in [5.41, 5.74) is -0.922. The van der Waals surface area contributed by atoms with Crippen molar-refractivity contribution in [2.45, 2.75) is 45.6 Å². The van der Waals surface area contributed by atoms with E-state index in [1.165, 1.54) is 0 Å². The van der Waals surface area contributed by atoms with Crippen molar-refractivity contribution >= 4 is 0 Å². The van der Waals surface area contributed by atoms with Gasteiger partial charge in [-0.1, -0.05) is 13.8 Å². The van der Waals surface area contributed by atoms with Crippen molar-refractivity contribution < 1.29 is 10.2 Å². The van der Waals surface area contributed by atoms with Crippen LogP contribution < -0.4 is 0 Å². The molecule has 1 heterocycles. The molecule has 1 rings (SSSR count). The summed E-state index contributed by atoms with van der Waals surface area (Å²) in [6, 6.07) is -0.258. The Kier molecular flexibility index (Phi) is 6.20. The molecule has 2 atom stereocenters. The number of aliphatic hydroxyl groups excluding tert-OH is 1. The molecular formula is C14H31N3O2. The molecule has 2 N–H and O–H groups in total. The summed E-state index contributed by atoms with van der Waals surface area (Å²) in [4.78, 5) is 6.49. The molecule has 1 aliphatic heterocycles. The predicted molar refractivity (Wildman–Crippen MR) is 78.1 cm³/mol. The summed E-state index contributed by atoms with van der Waals surface area (Å²) >= 11 is 0. The van der Waals surface area contributed by atoms with Crippen molar-refractivity contribution in [3.8, 4) is 0 Å².